The standard InChI is InChI=1S/C21H20N2O6/c1-3-28-15-10-8-14(9-11-15)22-19(25)13(2)29-18(24)12-23-20(26)16-6-4-5-7-17(16)21(23)27/h4-11,13H,3,12H2,1-2H3,(H,22,25). The van der Waals surface area contributed by atoms with Crippen molar-refractivity contribution in [1.29, 1.82) is 0 Å². The SMILES string of the molecule is CCOc1ccc(NC(=O)C(C)OC(=O)CN2C(=O)c3ccccc3C2=O)cc1. The average molecular weight is 396 g/mol. The topological polar surface area (TPSA) is 102 Å². The number of benzene rings is 2. The predicted octanol–water partition coefficient (Wildman–Crippen LogP) is 2.25. The second-order valence-electron chi connectivity index (χ2n) is 6.32. The minimum absolute atomic E-state index is 0.242. The molecule has 8 nitrogen and oxygen atoms in total. The summed E-state index contributed by atoms with van der Waals surface area (Å²) in [5.41, 5.74) is 1.000. The molecule has 0 radical (unpaired) electrons. The van der Waals surface area contributed by atoms with Crippen LogP contribution in [0.25, 0.3) is 0 Å². The van der Waals surface area contributed by atoms with E-state index < -0.39 is 36.3 Å². The van der Waals surface area contributed by atoms with E-state index in [2.05, 4.69) is 5.32 Å². The molecule has 2 aromatic rings. The van der Waals surface area contributed by atoms with Crippen LogP contribution in [0.3, 0.4) is 0 Å². The van der Waals surface area contributed by atoms with Gasteiger partial charge in [-0.1, -0.05) is 12.1 Å². The Morgan fingerprint density at radius 2 is 1.59 bits per heavy atom. The molecule has 1 heterocycles. The highest BCUT2D eigenvalue weighted by Gasteiger charge is 2.37. The van der Waals surface area contributed by atoms with E-state index in [9.17, 15) is 19.2 Å². The number of hydrogen-bond donors (Lipinski definition) is 1. The van der Waals surface area contributed by atoms with Crippen LogP contribution in [0.4, 0.5) is 5.69 Å². The van der Waals surface area contributed by atoms with Gasteiger partial charge in [-0.15, -0.1) is 0 Å². The minimum Gasteiger partial charge on any atom is -0.494 e. The molecule has 0 saturated carbocycles. The number of carbonyl (C=O) groups excluding carboxylic acids is 4. The smallest absolute Gasteiger partial charge is 0.326 e. The monoisotopic (exact) mass is 396 g/mol. The third-order valence-corrected chi connectivity index (χ3v) is 4.28. The van der Waals surface area contributed by atoms with Crippen LogP contribution in [0.1, 0.15) is 34.6 Å². The number of rotatable bonds is 7. The number of ether oxygens (including phenoxy) is 2. The van der Waals surface area contributed by atoms with Gasteiger partial charge >= 0.3 is 5.97 Å². The Morgan fingerprint density at radius 1 is 1.00 bits per heavy atom. The zero-order valence-corrected chi connectivity index (χ0v) is 16.0. The Hall–Kier alpha value is -3.68. The van der Waals surface area contributed by atoms with Crippen LogP contribution >= 0.6 is 0 Å². The Labute approximate surface area is 167 Å². The van der Waals surface area contributed by atoms with E-state index in [-0.39, 0.29) is 11.1 Å². The van der Waals surface area contributed by atoms with Gasteiger partial charge in [-0.05, 0) is 50.2 Å². The number of hydrogen-bond acceptors (Lipinski definition) is 6. The molecule has 29 heavy (non-hydrogen) atoms. The van der Waals surface area contributed by atoms with Crippen molar-refractivity contribution in [3.05, 3.63) is 59.7 Å². The summed E-state index contributed by atoms with van der Waals surface area (Å²) in [6.07, 6.45) is -1.11. The quantitative estimate of drug-likeness (QED) is 0.569. The van der Waals surface area contributed by atoms with Gasteiger partial charge in [-0.2, -0.15) is 0 Å². The molecule has 0 fully saturated rings. The predicted molar refractivity (Wildman–Crippen MR) is 104 cm³/mol. The molecule has 0 spiro atoms. The van der Waals surface area contributed by atoms with Gasteiger partial charge in [0.25, 0.3) is 17.7 Å². The van der Waals surface area contributed by atoms with Gasteiger partial charge in [-0.25, -0.2) is 0 Å². The lowest BCUT2D eigenvalue weighted by molar-refractivity contribution is -0.153. The Bertz CT molecular complexity index is 919. The summed E-state index contributed by atoms with van der Waals surface area (Å²) in [5.74, 6) is -1.84. The van der Waals surface area contributed by atoms with Crippen LogP contribution in [0.15, 0.2) is 48.5 Å². The molecule has 1 atom stereocenters. The number of esters is 1. The molecule has 3 rings (SSSR count). The highest BCUT2D eigenvalue weighted by molar-refractivity contribution is 6.22. The van der Waals surface area contributed by atoms with Crippen molar-refractivity contribution in [2.45, 2.75) is 20.0 Å². The first-order chi connectivity index (χ1) is 13.9. The van der Waals surface area contributed by atoms with Crippen molar-refractivity contribution < 1.29 is 28.7 Å². The Morgan fingerprint density at radius 3 is 2.14 bits per heavy atom. The lowest BCUT2D eigenvalue weighted by atomic mass is 10.1. The number of anilines is 1. The van der Waals surface area contributed by atoms with Crippen molar-refractivity contribution in [2.75, 3.05) is 18.5 Å². The maximum Gasteiger partial charge on any atom is 0.326 e. The first-order valence-electron chi connectivity index (χ1n) is 9.09. The van der Waals surface area contributed by atoms with Crippen LogP contribution in [0.5, 0.6) is 5.75 Å². The summed E-state index contributed by atoms with van der Waals surface area (Å²) in [5, 5.41) is 2.62. The van der Waals surface area contributed by atoms with Gasteiger partial charge in [0.05, 0.1) is 17.7 Å². The molecular weight excluding hydrogens is 376 g/mol. The fourth-order valence-electron chi connectivity index (χ4n) is 2.84. The molecule has 3 amide bonds. The van der Waals surface area contributed by atoms with Gasteiger partial charge < -0.3 is 14.8 Å². The normalized spacial score (nSPS) is 13.7. The summed E-state index contributed by atoms with van der Waals surface area (Å²) >= 11 is 0. The van der Waals surface area contributed by atoms with Crippen molar-refractivity contribution in [3.8, 4) is 5.75 Å². The van der Waals surface area contributed by atoms with Crippen LogP contribution in [-0.2, 0) is 14.3 Å². The first kappa shape index (κ1) is 20.1. The average Bonchev–Trinajstić information content (AvgIpc) is 2.95. The van der Waals surface area contributed by atoms with E-state index >= 15 is 0 Å². The fourth-order valence-corrected chi connectivity index (χ4v) is 2.84. The van der Waals surface area contributed by atoms with Gasteiger partial charge in [0.15, 0.2) is 6.10 Å². The first-order valence-corrected chi connectivity index (χ1v) is 9.09. The molecule has 150 valence electrons. The minimum atomic E-state index is -1.11. The molecule has 0 aromatic heterocycles. The van der Waals surface area contributed by atoms with Crippen molar-refractivity contribution in [2.24, 2.45) is 0 Å². The third-order valence-electron chi connectivity index (χ3n) is 4.28. The maximum absolute atomic E-state index is 12.3. The van der Waals surface area contributed by atoms with E-state index in [1.165, 1.54) is 19.1 Å². The second kappa shape index (κ2) is 8.55. The number of fused-ring (bicyclic) bond motifs is 1. The Balaban J connectivity index is 1.54. The van der Waals surface area contributed by atoms with E-state index in [1.807, 2.05) is 6.92 Å². The number of imide groups is 1. The van der Waals surface area contributed by atoms with Gasteiger partial charge in [0, 0.05) is 5.69 Å². The summed E-state index contributed by atoms with van der Waals surface area (Å²) in [6.45, 7) is 3.25. The van der Waals surface area contributed by atoms with E-state index in [0.29, 0.717) is 18.0 Å². The van der Waals surface area contributed by atoms with Crippen molar-refractivity contribution in [1.82, 2.24) is 4.90 Å². The molecule has 1 aliphatic heterocycles. The number of nitrogens with zero attached hydrogens (tertiary/aromatic N) is 1. The van der Waals surface area contributed by atoms with Gasteiger partial charge in [0.2, 0.25) is 0 Å². The highest BCUT2D eigenvalue weighted by atomic mass is 16.5. The molecule has 0 saturated heterocycles. The number of carbonyl (C=O) groups is 4. The molecule has 2 aromatic carbocycles. The molecule has 1 aliphatic rings. The lowest BCUT2D eigenvalue weighted by Gasteiger charge is -2.17. The third kappa shape index (κ3) is 4.43. The van der Waals surface area contributed by atoms with E-state index in [1.54, 1.807) is 36.4 Å². The molecule has 1 unspecified atom stereocenters. The zero-order chi connectivity index (χ0) is 21.0. The largest absolute Gasteiger partial charge is 0.494 e. The van der Waals surface area contributed by atoms with Crippen LogP contribution < -0.4 is 10.1 Å². The molecule has 0 aliphatic carbocycles. The lowest BCUT2D eigenvalue weighted by Crippen LogP contribution is -2.38. The van der Waals surface area contributed by atoms with Gasteiger partial charge in [0.1, 0.15) is 12.3 Å². The number of amides is 3. The van der Waals surface area contributed by atoms with Crippen molar-refractivity contribution >= 4 is 29.4 Å². The van der Waals surface area contributed by atoms with E-state index in [4.69, 9.17) is 9.47 Å². The van der Waals surface area contributed by atoms with Crippen LogP contribution in [-0.4, -0.2) is 47.8 Å². The highest BCUT2D eigenvalue weighted by Crippen LogP contribution is 2.22. The summed E-state index contributed by atoms with van der Waals surface area (Å²) in [7, 11) is 0. The summed E-state index contributed by atoms with van der Waals surface area (Å²) < 4.78 is 10.4. The second-order valence-corrected chi connectivity index (χ2v) is 6.32. The molecular formula is C21H20N2O6. The van der Waals surface area contributed by atoms with Crippen molar-refractivity contribution in [3.63, 3.8) is 0 Å². The van der Waals surface area contributed by atoms with Crippen LogP contribution in [0, 0.1) is 0 Å². The molecule has 1 N–H and O–H groups in total. The van der Waals surface area contributed by atoms with E-state index in [0.717, 1.165) is 4.90 Å². The molecule has 0 bridgehead atoms. The van der Waals surface area contributed by atoms with Gasteiger partial charge in [-0.3, -0.25) is 24.1 Å². The molecule has 8 heteroatoms. The fraction of sp³-hybridized carbons (Fsp3) is 0.238. The summed E-state index contributed by atoms with van der Waals surface area (Å²) in [6, 6.07) is 13.1. The zero-order valence-electron chi connectivity index (χ0n) is 16.0. The summed E-state index contributed by atoms with van der Waals surface area (Å²) in [4.78, 5) is 49.8. The van der Waals surface area contributed by atoms with Crippen LogP contribution in [0.2, 0.25) is 0 Å². The Kier molecular flexibility index (Phi) is 5.92. The number of nitrogens with one attached hydrogen (secondary N) is 1. The maximum atomic E-state index is 12.3.